The number of benzene rings is 1. The van der Waals surface area contributed by atoms with Crippen LogP contribution in [0.1, 0.15) is 32.1 Å². The van der Waals surface area contributed by atoms with Crippen molar-refractivity contribution in [2.75, 3.05) is 5.75 Å². The van der Waals surface area contributed by atoms with E-state index in [4.69, 9.17) is 4.74 Å². The highest BCUT2D eigenvalue weighted by Gasteiger charge is 2.30. The summed E-state index contributed by atoms with van der Waals surface area (Å²) in [7, 11) is -3.41. The number of rotatable bonds is 6. The van der Waals surface area contributed by atoms with Crippen LogP contribution in [0.2, 0.25) is 0 Å². The van der Waals surface area contributed by atoms with E-state index in [-0.39, 0.29) is 16.6 Å². The third-order valence-corrected chi connectivity index (χ3v) is 5.65. The molecule has 1 unspecified atom stereocenters. The topological polar surface area (TPSA) is 60.4 Å². The van der Waals surface area contributed by atoms with Crippen LogP contribution in [0.15, 0.2) is 35.2 Å². The van der Waals surface area contributed by atoms with Gasteiger partial charge in [-0.05, 0) is 30.9 Å². The maximum Gasteiger partial charge on any atom is 0.293 e. The average Bonchev–Trinajstić information content (AvgIpc) is 2.48. The molecule has 5 heteroatoms. The van der Waals surface area contributed by atoms with E-state index in [1.165, 1.54) is 6.42 Å². The summed E-state index contributed by atoms with van der Waals surface area (Å²) in [4.78, 5) is 11.0. The molecule has 0 heterocycles. The summed E-state index contributed by atoms with van der Waals surface area (Å²) in [6.07, 6.45) is 4.67. The highest BCUT2D eigenvalue weighted by Crippen LogP contribution is 2.29. The van der Waals surface area contributed by atoms with Crippen LogP contribution in [-0.4, -0.2) is 26.7 Å². The molecule has 0 radical (unpaired) electrons. The Morgan fingerprint density at radius 2 is 1.80 bits per heavy atom. The van der Waals surface area contributed by atoms with Crippen LogP contribution < -0.4 is 0 Å². The fourth-order valence-electron chi connectivity index (χ4n) is 2.80. The molecule has 2 rings (SSSR count). The first kappa shape index (κ1) is 15.0. The van der Waals surface area contributed by atoms with Gasteiger partial charge in [0.25, 0.3) is 6.47 Å². The van der Waals surface area contributed by atoms with Crippen molar-refractivity contribution >= 4 is 16.3 Å². The maximum absolute atomic E-state index is 12.4. The molecule has 0 amide bonds. The summed E-state index contributed by atoms with van der Waals surface area (Å²) in [5.74, 6) is 0.0351. The van der Waals surface area contributed by atoms with Gasteiger partial charge < -0.3 is 4.74 Å². The van der Waals surface area contributed by atoms with Crippen LogP contribution in [0.25, 0.3) is 0 Å². The van der Waals surface area contributed by atoms with E-state index in [0.717, 1.165) is 25.7 Å². The molecule has 110 valence electrons. The van der Waals surface area contributed by atoms with Crippen LogP contribution in [-0.2, 0) is 19.4 Å². The fraction of sp³-hybridized carbons (Fsp3) is 0.533. The molecule has 0 bridgehead atoms. The maximum atomic E-state index is 12.4. The van der Waals surface area contributed by atoms with Crippen LogP contribution in [0.5, 0.6) is 0 Å². The van der Waals surface area contributed by atoms with E-state index in [2.05, 4.69) is 0 Å². The Bertz CT molecular complexity index is 518. The zero-order valence-electron chi connectivity index (χ0n) is 11.4. The van der Waals surface area contributed by atoms with Crippen LogP contribution in [0.3, 0.4) is 0 Å². The summed E-state index contributed by atoms with van der Waals surface area (Å²) in [5.41, 5.74) is 0. The lowest BCUT2D eigenvalue weighted by Gasteiger charge is -2.28. The van der Waals surface area contributed by atoms with Crippen molar-refractivity contribution in [2.24, 2.45) is 5.92 Å². The average molecular weight is 296 g/mol. The molecule has 0 N–H and O–H groups in total. The van der Waals surface area contributed by atoms with Crippen molar-refractivity contribution in [2.45, 2.75) is 43.1 Å². The quantitative estimate of drug-likeness (QED) is 0.757. The van der Waals surface area contributed by atoms with Crippen molar-refractivity contribution in [3.8, 4) is 0 Å². The zero-order valence-corrected chi connectivity index (χ0v) is 12.2. The van der Waals surface area contributed by atoms with E-state index in [9.17, 15) is 13.2 Å². The minimum absolute atomic E-state index is 0.125. The first-order chi connectivity index (χ1) is 9.63. The van der Waals surface area contributed by atoms with Crippen molar-refractivity contribution in [1.29, 1.82) is 0 Å². The van der Waals surface area contributed by atoms with Crippen LogP contribution in [0, 0.1) is 5.92 Å². The largest absolute Gasteiger partial charge is 0.463 e. The number of sulfone groups is 1. The molecule has 0 aliphatic heterocycles. The number of carbonyl (C=O) groups excluding carboxylic acids is 1. The molecular weight excluding hydrogens is 276 g/mol. The Morgan fingerprint density at radius 3 is 2.40 bits per heavy atom. The minimum atomic E-state index is -3.41. The van der Waals surface area contributed by atoms with Gasteiger partial charge in [0.1, 0.15) is 6.10 Å². The van der Waals surface area contributed by atoms with Crippen molar-refractivity contribution in [3.63, 3.8) is 0 Å². The number of hydrogen-bond acceptors (Lipinski definition) is 4. The molecule has 4 nitrogen and oxygen atoms in total. The monoisotopic (exact) mass is 296 g/mol. The summed E-state index contributed by atoms with van der Waals surface area (Å²) in [6, 6.07) is 8.33. The zero-order chi connectivity index (χ0) is 14.4. The normalized spacial score (nSPS) is 18.4. The highest BCUT2D eigenvalue weighted by atomic mass is 32.2. The van der Waals surface area contributed by atoms with Gasteiger partial charge >= 0.3 is 0 Å². The highest BCUT2D eigenvalue weighted by molar-refractivity contribution is 7.91. The Morgan fingerprint density at radius 1 is 1.15 bits per heavy atom. The van der Waals surface area contributed by atoms with Gasteiger partial charge in [-0.1, -0.05) is 37.5 Å². The molecule has 0 saturated heterocycles. The number of ether oxygens (including phenoxy) is 1. The Labute approximate surface area is 120 Å². The number of carbonyl (C=O) groups is 1. The predicted molar refractivity (Wildman–Crippen MR) is 76.0 cm³/mol. The third kappa shape index (κ3) is 3.82. The van der Waals surface area contributed by atoms with Gasteiger partial charge in [0.15, 0.2) is 9.84 Å². The first-order valence-electron chi connectivity index (χ1n) is 7.00. The van der Waals surface area contributed by atoms with Gasteiger partial charge in [0.2, 0.25) is 0 Å². The van der Waals surface area contributed by atoms with E-state index >= 15 is 0 Å². The molecule has 1 aliphatic carbocycles. The third-order valence-electron chi connectivity index (χ3n) is 3.89. The molecule has 1 saturated carbocycles. The molecule has 1 aromatic rings. The predicted octanol–water partition coefficient (Wildman–Crippen LogP) is 2.58. The molecule has 20 heavy (non-hydrogen) atoms. The summed E-state index contributed by atoms with van der Waals surface area (Å²) >= 11 is 0. The lowest BCUT2D eigenvalue weighted by molar-refractivity contribution is -0.135. The lowest BCUT2D eigenvalue weighted by atomic mass is 9.86. The summed E-state index contributed by atoms with van der Waals surface area (Å²) in [5, 5.41) is 0. The molecule has 0 spiro atoms. The van der Waals surface area contributed by atoms with Crippen molar-refractivity contribution in [3.05, 3.63) is 30.3 Å². The van der Waals surface area contributed by atoms with Gasteiger partial charge in [-0.2, -0.15) is 0 Å². The van der Waals surface area contributed by atoms with Gasteiger partial charge in [-0.3, -0.25) is 4.79 Å². The van der Waals surface area contributed by atoms with Crippen molar-refractivity contribution < 1.29 is 17.9 Å². The molecule has 1 fully saturated rings. The van der Waals surface area contributed by atoms with E-state index in [1.54, 1.807) is 30.3 Å². The van der Waals surface area contributed by atoms with Gasteiger partial charge in [0.05, 0.1) is 10.6 Å². The second-order valence-corrected chi connectivity index (χ2v) is 7.30. The minimum Gasteiger partial charge on any atom is -0.463 e. The van der Waals surface area contributed by atoms with Crippen molar-refractivity contribution in [1.82, 2.24) is 0 Å². The Kier molecular flexibility index (Phi) is 5.17. The molecule has 1 atom stereocenters. The number of hydrogen-bond donors (Lipinski definition) is 0. The smallest absolute Gasteiger partial charge is 0.293 e. The Balaban J connectivity index is 2.12. The van der Waals surface area contributed by atoms with E-state index in [0.29, 0.717) is 6.47 Å². The summed E-state index contributed by atoms with van der Waals surface area (Å²) in [6.45, 7) is 0.375. The second kappa shape index (κ2) is 6.88. The summed E-state index contributed by atoms with van der Waals surface area (Å²) < 4.78 is 29.8. The SMILES string of the molecule is O=COC(CS(=O)(=O)c1ccccc1)C1CCCCC1. The Hall–Kier alpha value is -1.36. The fourth-order valence-corrected chi connectivity index (χ4v) is 4.35. The standard InChI is InChI=1S/C15H20O4S/c16-12-19-15(13-7-3-1-4-8-13)11-20(17,18)14-9-5-2-6-10-14/h2,5-6,9-10,12-13,15H,1,3-4,7-8,11H2. The molecular formula is C15H20O4S. The lowest BCUT2D eigenvalue weighted by Crippen LogP contribution is -2.33. The molecule has 0 aromatic heterocycles. The molecule has 1 aliphatic rings. The van der Waals surface area contributed by atoms with Gasteiger partial charge in [-0.15, -0.1) is 0 Å². The van der Waals surface area contributed by atoms with Crippen LogP contribution >= 0.6 is 0 Å². The first-order valence-corrected chi connectivity index (χ1v) is 8.65. The van der Waals surface area contributed by atoms with Crippen LogP contribution in [0.4, 0.5) is 0 Å². The van der Waals surface area contributed by atoms with E-state index in [1.807, 2.05) is 0 Å². The molecule has 1 aromatic carbocycles. The van der Waals surface area contributed by atoms with E-state index < -0.39 is 15.9 Å². The van der Waals surface area contributed by atoms with Gasteiger partial charge in [-0.25, -0.2) is 8.42 Å². The van der Waals surface area contributed by atoms with Gasteiger partial charge in [0, 0.05) is 0 Å². The second-order valence-electron chi connectivity index (χ2n) is 5.26.